The van der Waals surface area contributed by atoms with Crippen LogP contribution in [0.2, 0.25) is 5.02 Å². The molecule has 1 fully saturated rings. The largest absolute Gasteiger partial charge is 0.461 e. The van der Waals surface area contributed by atoms with Crippen molar-refractivity contribution in [2.24, 2.45) is 0 Å². The van der Waals surface area contributed by atoms with Gasteiger partial charge in [-0.25, -0.2) is 0 Å². The number of halogens is 3. The Kier molecular flexibility index (Phi) is 6.84. The second-order valence-electron chi connectivity index (χ2n) is 7.00. The van der Waals surface area contributed by atoms with E-state index in [1.165, 1.54) is 6.07 Å². The minimum absolute atomic E-state index is 0.0401. The molecule has 31 heavy (non-hydrogen) atoms. The SMILES string of the molecule is FC(F)Oc1ccc(N(Cc2cccnc2)c2cccc(Cl)c2)cc1OC1CCCO1. The number of rotatable bonds is 8. The summed E-state index contributed by atoms with van der Waals surface area (Å²) in [5.74, 6) is 0.157. The number of pyridine rings is 1. The molecule has 162 valence electrons. The molecular formula is C23H21ClF2N2O3. The second-order valence-corrected chi connectivity index (χ2v) is 7.43. The van der Waals surface area contributed by atoms with Gasteiger partial charge in [-0.3, -0.25) is 4.98 Å². The van der Waals surface area contributed by atoms with Crippen LogP contribution in [0.5, 0.6) is 11.5 Å². The van der Waals surface area contributed by atoms with E-state index in [0.717, 1.165) is 23.4 Å². The number of anilines is 2. The number of ether oxygens (including phenoxy) is 3. The molecule has 0 radical (unpaired) electrons. The molecule has 0 saturated carbocycles. The van der Waals surface area contributed by atoms with Crippen LogP contribution < -0.4 is 14.4 Å². The summed E-state index contributed by atoms with van der Waals surface area (Å²) in [6.45, 7) is -1.90. The molecule has 1 unspecified atom stereocenters. The van der Waals surface area contributed by atoms with Crippen molar-refractivity contribution in [2.45, 2.75) is 32.3 Å². The molecule has 0 aliphatic carbocycles. The Hall–Kier alpha value is -2.90. The topological polar surface area (TPSA) is 43.8 Å². The van der Waals surface area contributed by atoms with Gasteiger partial charge in [0, 0.05) is 47.8 Å². The van der Waals surface area contributed by atoms with Gasteiger partial charge in [0.1, 0.15) is 0 Å². The van der Waals surface area contributed by atoms with Crippen LogP contribution >= 0.6 is 11.6 Å². The minimum Gasteiger partial charge on any atom is -0.461 e. The zero-order valence-electron chi connectivity index (χ0n) is 16.6. The first-order valence-corrected chi connectivity index (χ1v) is 10.3. The van der Waals surface area contributed by atoms with Gasteiger partial charge in [-0.15, -0.1) is 0 Å². The van der Waals surface area contributed by atoms with Crippen molar-refractivity contribution in [2.75, 3.05) is 11.5 Å². The number of aromatic nitrogens is 1. The molecule has 1 aliphatic heterocycles. The average Bonchev–Trinajstić information content (AvgIpc) is 3.27. The quantitative estimate of drug-likeness (QED) is 0.412. The molecule has 0 amide bonds. The van der Waals surface area contributed by atoms with Gasteiger partial charge in [0.15, 0.2) is 17.8 Å². The summed E-state index contributed by atoms with van der Waals surface area (Å²) in [5.41, 5.74) is 2.53. The number of hydrogen-bond acceptors (Lipinski definition) is 5. The first kappa shape index (κ1) is 21.3. The first-order valence-electron chi connectivity index (χ1n) is 9.87. The molecule has 3 aromatic rings. The van der Waals surface area contributed by atoms with Crippen LogP contribution in [0.25, 0.3) is 0 Å². The average molecular weight is 447 g/mol. The Balaban J connectivity index is 1.72. The number of benzene rings is 2. The van der Waals surface area contributed by atoms with Crippen LogP contribution in [0.4, 0.5) is 20.2 Å². The van der Waals surface area contributed by atoms with Crippen LogP contribution in [-0.4, -0.2) is 24.5 Å². The molecule has 8 heteroatoms. The summed E-state index contributed by atoms with van der Waals surface area (Å²) >= 11 is 6.22. The third kappa shape index (κ3) is 5.62. The highest BCUT2D eigenvalue weighted by atomic mass is 35.5. The summed E-state index contributed by atoms with van der Waals surface area (Å²) < 4.78 is 41.9. The third-order valence-corrected chi connectivity index (χ3v) is 5.02. The molecular weight excluding hydrogens is 426 g/mol. The van der Waals surface area contributed by atoms with E-state index in [9.17, 15) is 8.78 Å². The van der Waals surface area contributed by atoms with Gasteiger partial charge in [-0.2, -0.15) is 8.78 Å². The van der Waals surface area contributed by atoms with Crippen molar-refractivity contribution in [3.8, 4) is 11.5 Å². The zero-order valence-corrected chi connectivity index (χ0v) is 17.3. The number of nitrogens with zero attached hydrogens (tertiary/aromatic N) is 2. The van der Waals surface area contributed by atoms with Gasteiger partial charge >= 0.3 is 6.61 Å². The number of alkyl halides is 2. The molecule has 1 aliphatic rings. The zero-order chi connectivity index (χ0) is 21.6. The van der Waals surface area contributed by atoms with E-state index in [4.69, 9.17) is 21.1 Å². The van der Waals surface area contributed by atoms with E-state index in [2.05, 4.69) is 9.72 Å². The Morgan fingerprint density at radius 2 is 1.97 bits per heavy atom. The van der Waals surface area contributed by atoms with Crippen LogP contribution in [0, 0.1) is 0 Å². The van der Waals surface area contributed by atoms with Crippen molar-refractivity contribution in [1.29, 1.82) is 0 Å². The monoisotopic (exact) mass is 446 g/mol. The Morgan fingerprint density at radius 3 is 2.68 bits per heavy atom. The molecule has 4 rings (SSSR count). The molecule has 5 nitrogen and oxygen atoms in total. The van der Waals surface area contributed by atoms with E-state index in [1.54, 1.807) is 30.6 Å². The second kappa shape index (κ2) is 9.94. The standard InChI is InChI=1S/C23H21ClF2N2O3/c24-17-5-1-6-18(12-17)28(15-16-4-2-10-27-14-16)19-8-9-20(31-23(25)26)21(13-19)30-22-7-3-11-29-22/h1-2,4-6,8-10,12-14,22-23H,3,7,11,15H2. The summed E-state index contributed by atoms with van der Waals surface area (Å²) in [4.78, 5) is 6.18. The maximum Gasteiger partial charge on any atom is 0.387 e. The highest BCUT2D eigenvalue weighted by molar-refractivity contribution is 6.30. The van der Waals surface area contributed by atoms with Crippen LogP contribution in [0.15, 0.2) is 67.0 Å². The van der Waals surface area contributed by atoms with Crippen molar-refractivity contribution >= 4 is 23.0 Å². The lowest BCUT2D eigenvalue weighted by Gasteiger charge is -2.27. The summed E-state index contributed by atoms with van der Waals surface area (Å²) in [6, 6.07) is 16.1. The smallest absolute Gasteiger partial charge is 0.387 e. The van der Waals surface area contributed by atoms with Gasteiger partial charge in [0.05, 0.1) is 6.61 Å². The fourth-order valence-electron chi connectivity index (χ4n) is 3.38. The summed E-state index contributed by atoms with van der Waals surface area (Å²) in [5, 5.41) is 0.585. The maximum atomic E-state index is 12.9. The summed E-state index contributed by atoms with van der Waals surface area (Å²) in [7, 11) is 0. The Morgan fingerprint density at radius 1 is 1.10 bits per heavy atom. The van der Waals surface area contributed by atoms with E-state index >= 15 is 0 Å². The van der Waals surface area contributed by atoms with E-state index in [0.29, 0.717) is 24.6 Å². The predicted octanol–water partition coefficient (Wildman–Crippen LogP) is 6.19. The first-order chi connectivity index (χ1) is 15.1. The van der Waals surface area contributed by atoms with Gasteiger partial charge < -0.3 is 19.1 Å². The Bertz CT molecular complexity index is 1000. The van der Waals surface area contributed by atoms with Crippen LogP contribution in [0.1, 0.15) is 18.4 Å². The van der Waals surface area contributed by atoms with Gasteiger partial charge in [-0.05, 0) is 48.4 Å². The fraction of sp³-hybridized carbons (Fsp3) is 0.261. The maximum absolute atomic E-state index is 12.9. The van der Waals surface area contributed by atoms with Crippen LogP contribution in [0.3, 0.4) is 0 Å². The molecule has 1 saturated heterocycles. The Labute approximate surface area is 184 Å². The van der Waals surface area contributed by atoms with E-state index in [1.807, 2.05) is 35.2 Å². The molecule has 1 aromatic heterocycles. The molecule has 2 heterocycles. The number of hydrogen-bond donors (Lipinski definition) is 0. The van der Waals surface area contributed by atoms with Gasteiger partial charge in [0.2, 0.25) is 0 Å². The molecule has 1 atom stereocenters. The highest BCUT2D eigenvalue weighted by Gasteiger charge is 2.22. The lowest BCUT2D eigenvalue weighted by atomic mass is 10.2. The third-order valence-electron chi connectivity index (χ3n) is 4.78. The van der Waals surface area contributed by atoms with Crippen LogP contribution in [-0.2, 0) is 11.3 Å². The molecule has 0 N–H and O–H groups in total. The lowest BCUT2D eigenvalue weighted by molar-refractivity contribution is -0.0632. The normalized spacial score (nSPS) is 15.8. The molecule has 0 bridgehead atoms. The lowest BCUT2D eigenvalue weighted by Crippen LogP contribution is -2.18. The van der Waals surface area contributed by atoms with E-state index < -0.39 is 12.9 Å². The molecule has 2 aromatic carbocycles. The van der Waals surface area contributed by atoms with Gasteiger partial charge in [0.25, 0.3) is 0 Å². The summed E-state index contributed by atoms with van der Waals surface area (Å²) in [6.07, 6.45) is 4.53. The predicted molar refractivity (Wildman–Crippen MR) is 114 cm³/mol. The van der Waals surface area contributed by atoms with E-state index in [-0.39, 0.29) is 11.5 Å². The highest BCUT2D eigenvalue weighted by Crippen LogP contribution is 2.38. The van der Waals surface area contributed by atoms with Crippen molar-refractivity contribution in [1.82, 2.24) is 4.98 Å². The van der Waals surface area contributed by atoms with Crippen molar-refractivity contribution in [3.05, 3.63) is 77.6 Å². The fourth-order valence-corrected chi connectivity index (χ4v) is 3.57. The van der Waals surface area contributed by atoms with Gasteiger partial charge in [-0.1, -0.05) is 23.7 Å². The minimum atomic E-state index is -2.96. The van der Waals surface area contributed by atoms with Crippen molar-refractivity contribution in [3.63, 3.8) is 0 Å². The molecule has 0 spiro atoms. The van der Waals surface area contributed by atoms with Crippen molar-refractivity contribution < 1.29 is 23.0 Å².